The predicted molar refractivity (Wildman–Crippen MR) is 48.3 cm³/mol. The van der Waals surface area contributed by atoms with E-state index in [-0.39, 0.29) is 0 Å². The molecule has 0 unspecified atom stereocenters. The molecule has 1 saturated carbocycles. The van der Waals surface area contributed by atoms with Gasteiger partial charge in [0.15, 0.2) is 0 Å². The van der Waals surface area contributed by atoms with Gasteiger partial charge < -0.3 is 0 Å². The molecule has 3 heteroatoms. The quantitative estimate of drug-likeness (QED) is 0.657. The van der Waals surface area contributed by atoms with E-state index >= 15 is 0 Å². The number of aryl methyl sites for hydroxylation is 1. The Morgan fingerprint density at radius 3 is 2.83 bits per heavy atom. The van der Waals surface area contributed by atoms with Gasteiger partial charge in [-0.15, -0.1) is 11.6 Å². The molecule has 1 aliphatic rings. The first-order valence-electron chi connectivity index (χ1n) is 4.20. The lowest BCUT2D eigenvalue weighted by Gasteiger charge is -2.01. The molecule has 64 valence electrons. The van der Waals surface area contributed by atoms with Crippen molar-refractivity contribution in [2.75, 3.05) is 0 Å². The summed E-state index contributed by atoms with van der Waals surface area (Å²) in [7, 11) is 0. The zero-order valence-electron chi connectivity index (χ0n) is 7.05. The van der Waals surface area contributed by atoms with Crippen molar-refractivity contribution in [1.82, 2.24) is 9.97 Å². The first-order valence-corrected chi connectivity index (χ1v) is 4.73. The second-order valence-corrected chi connectivity index (χ2v) is 3.53. The lowest BCUT2D eigenvalue weighted by Crippen LogP contribution is -1.98. The number of aromatic nitrogens is 2. The molecule has 0 atom stereocenters. The molecule has 0 aromatic carbocycles. The van der Waals surface area contributed by atoms with E-state index in [1.54, 1.807) is 0 Å². The maximum atomic E-state index is 5.71. The van der Waals surface area contributed by atoms with Crippen LogP contribution >= 0.6 is 11.6 Å². The van der Waals surface area contributed by atoms with Gasteiger partial charge in [-0.25, -0.2) is 9.97 Å². The number of halogens is 1. The Morgan fingerprint density at radius 1 is 1.50 bits per heavy atom. The van der Waals surface area contributed by atoms with Crippen LogP contribution in [0.1, 0.15) is 36.0 Å². The molecule has 0 N–H and O–H groups in total. The minimum atomic E-state index is 0.489. The summed E-state index contributed by atoms with van der Waals surface area (Å²) < 4.78 is 0. The maximum Gasteiger partial charge on any atom is 0.131 e. The number of hydrogen-bond donors (Lipinski definition) is 0. The molecule has 1 aromatic rings. The van der Waals surface area contributed by atoms with Gasteiger partial charge in [0.1, 0.15) is 5.82 Å². The van der Waals surface area contributed by atoms with Crippen LogP contribution < -0.4 is 0 Å². The summed E-state index contributed by atoms with van der Waals surface area (Å²) in [6.07, 6.45) is 2.48. The summed E-state index contributed by atoms with van der Waals surface area (Å²) in [6.45, 7) is 1.99. The van der Waals surface area contributed by atoms with Crippen LogP contribution in [0.4, 0.5) is 0 Å². The van der Waals surface area contributed by atoms with Gasteiger partial charge in [-0.1, -0.05) is 0 Å². The highest BCUT2D eigenvalue weighted by Crippen LogP contribution is 2.38. The lowest BCUT2D eigenvalue weighted by molar-refractivity contribution is 0.881. The van der Waals surface area contributed by atoms with Crippen molar-refractivity contribution >= 4 is 11.6 Å². The van der Waals surface area contributed by atoms with Crippen LogP contribution in [0.25, 0.3) is 0 Å². The van der Waals surface area contributed by atoms with Crippen molar-refractivity contribution in [3.8, 4) is 0 Å². The van der Waals surface area contributed by atoms with Crippen molar-refractivity contribution in [2.45, 2.75) is 31.6 Å². The Hall–Kier alpha value is -0.630. The van der Waals surface area contributed by atoms with E-state index in [1.807, 2.05) is 13.0 Å². The van der Waals surface area contributed by atoms with Crippen molar-refractivity contribution in [1.29, 1.82) is 0 Å². The Labute approximate surface area is 77.0 Å². The largest absolute Gasteiger partial charge is 0.238 e. The lowest BCUT2D eigenvalue weighted by atomic mass is 10.3. The Kier molecular flexibility index (Phi) is 2.01. The fourth-order valence-corrected chi connectivity index (χ4v) is 1.39. The number of nitrogens with zero attached hydrogens (tertiary/aromatic N) is 2. The third-order valence-corrected chi connectivity index (χ3v) is 2.28. The van der Waals surface area contributed by atoms with Crippen LogP contribution in [0.5, 0.6) is 0 Å². The van der Waals surface area contributed by atoms with Gasteiger partial charge in [-0.2, -0.15) is 0 Å². The third-order valence-electron chi connectivity index (χ3n) is 2.00. The Balaban J connectivity index is 2.34. The number of hydrogen-bond acceptors (Lipinski definition) is 2. The van der Waals surface area contributed by atoms with Gasteiger partial charge >= 0.3 is 0 Å². The van der Waals surface area contributed by atoms with Crippen molar-refractivity contribution < 1.29 is 0 Å². The van der Waals surface area contributed by atoms with Gasteiger partial charge in [0.25, 0.3) is 0 Å². The van der Waals surface area contributed by atoms with Crippen LogP contribution in [-0.2, 0) is 5.88 Å². The van der Waals surface area contributed by atoms with Crippen molar-refractivity contribution in [2.24, 2.45) is 0 Å². The predicted octanol–water partition coefficient (Wildman–Crippen LogP) is 2.40. The van der Waals surface area contributed by atoms with E-state index < -0.39 is 0 Å². The monoisotopic (exact) mass is 182 g/mol. The maximum absolute atomic E-state index is 5.71. The van der Waals surface area contributed by atoms with Gasteiger partial charge in [0.2, 0.25) is 0 Å². The molecule has 1 aliphatic carbocycles. The molecule has 0 spiro atoms. The van der Waals surface area contributed by atoms with E-state index in [4.69, 9.17) is 11.6 Å². The average molecular weight is 183 g/mol. The van der Waals surface area contributed by atoms with Crippen molar-refractivity contribution in [3.05, 3.63) is 23.3 Å². The van der Waals surface area contributed by atoms with Crippen molar-refractivity contribution in [3.63, 3.8) is 0 Å². The highest BCUT2D eigenvalue weighted by atomic mass is 35.5. The number of alkyl halides is 1. The minimum absolute atomic E-state index is 0.489. The first-order chi connectivity index (χ1) is 5.79. The second kappa shape index (κ2) is 3.02. The summed E-state index contributed by atoms with van der Waals surface area (Å²) in [4.78, 5) is 8.75. The zero-order valence-corrected chi connectivity index (χ0v) is 7.80. The highest BCUT2D eigenvalue weighted by Gasteiger charge is 2.26. The molecule has 1 aromatic heterocycles. The van der Waals surface area contributed by atoms with E-state index in [0.29, 0.717) is 11.8 Å². The topological polar surface area (TPSA) is 25.8 Å². The molecule has 2 nitrogen and oxygen atoms in total. The Bertz CT molecular complexity index is 295. The summed E-state index contributed by atoms with van der Waals surface area (Å²) in [5, 5.41) is 0. The van der Waals surface area contributed by atoms with E-state index in [0.717, 1.165) is 17.2 Å². The van der Waals surface area contributed by atoms with Gasteiger partial charge in [-0.3, -0.25) is 0 Å². The molecule has 1 heterocycles. The summed E-state index contributed by atoms with van der Waals surface area (Å²) >= 11 is 5.71. The molecular formula is C9H11ClN2. The standard InChI is InChI=1S/C9H11ClN2/c1-6-4-8(5-10)12-9(11-6)7-2-3-7/h4,7H,2-3,5H2,1H3. The van der Waals surface area contributed by atoms with Gasteiger partial charge in [0, 0.05) is 11.6 Å². The first kappa shape index (κ1) is 7.99. The molecule has 1 fully saturated rings. The second-order valence-electron chi connectivity index (χ2n) is 3.27. The zero-order chi connectivity index (χ0) is 8.55. The van der Waals surface area contributed by atoms with E-state index in [1.165, 1.54) is 12.8 Å². The smallest absolute Gasteiger partial charge is 0.131 e. The molecule has 0 bridgehead atoms. The molecule has 2 rings (SSSR count). The van der Waals surface area contributed by atoms with Crippen LogP contribution in [-0.4, -0.2) is 9.97 Å². The molecule has 0 saturated heterocycles. The molecule has 0 amide bonds. The third kappa shape index (κ3) is 1.58. The normalized spacial score (nSPS) is 16.5. The molecule has 12 heavy (non-hydrogen) atoms. The van der Waals surface area contributed by atoms with Gasteiger partial charge in [0.05, 0.1) is 11.6 Å². The van der Waals surface area contributed by atoms with E-state index in [9.17, 15) is 0 Å². The fourth-order valence-electron chi connectivity index (χ4n) is 1.25. The highest BCUT2D eigenvalue weighted by molar-refractivity contribution is 6.16. The summed E-state index contributed by atoms with van der Waals surface area (Å²) in [6, 6.07) is 1.94. The molecular weight excluding hydrogens is 172 g/mol. The van der Waals surface area contributed by atoms with Crippen LogP contribution in [0, 0.1) is 6.92 Å². The van der Waals surface area contributed by atoms with Gasteiger partial charge in [-0.05, 0) is 25.8 Å². The van der Waals surface area contributed by atoms with E-state index in [2.05, 4.69) is 9.97 Å². The summed E-state index contributed by atoms with van der Waals surface area (Å²) in [5.41, 5.74) is 1.98. The van der Waals surface area contributed by atoms with Crippen LogP contribution in [0.3, 0.4) is 0 Å². The van der Waals surface area contributed by atoms with Crippen LogP contribution in [0.15, 0.2) is 6.07 Å². The fraction of sp³-hybridized carbons (Fsp3) is 0.556. The summed E-state index contributed by atoms with van der Waals surface area (Å²) in [5.74, 6) is 2.10. The molecule has 0 aliphatic heterocycles. The molecule has 0 radical (unpaired) electrons. The number of rotatable bonds is 2. The average Bonchev–Trinajstić information content (AvgIpc) is 2.85. The SMILES string of the molecule is Cc1cc(CCl)nc(C2CC2)n1. The van der Waals surface area contributed by atoms with Crippen LogP contribution in [0.2, 0.25) is 0 Å². The minimum Gasteiger partial charge on any atom is -0.238 e. The Morgan fingerprint density at radius 2 is 2.25 bits per heavy atom.